The number of anilines is 2. The molecule has 5 heteroatoms. The van der Waals surface area contributed by atoms with Crippen LogP contribution >= 0.6 is 0 Å². The number of hydrogen-bond donors (Lipinski definition) is 2. The lowest BCUT2D eigenvalue weighted by atomic mass is 10.2. The molecular weight excluding hydrogens is 218 g/mol. The lowest BCUT2D eigenvalue weighted by molar-refractivity contribution is -0.126. The molecule has 2 heterocycles. The van der Waals surface area contributed by atoms with Crippen molar-refractivity contribution in [1.29, 1.82) is 0 Å². The first-order valence-electron chi connectivity index (χ1n) is 5.74. The summed E-state index contributed by atoms with van der Waals surface area (Å²) >= 11 is 0. The van der Waals surface area contributed by atoms with Crippen molar-refractivity contribution in [2.45, 2.75) is 38.9 Å². The highest BCUT2D eigenvalue weighted by Gasteiger charge is 2.28. The van der Waals surface area contributed by atoms with E-state index in [0.717, 1.165) is 18.4 Å². The number of carbonyl (C=O) groups excluding carboxylic acids is 1. The lowest BCUT2D eigenvalue weighted by Crippen LogP contribution is -2.28. The van der Waals surface area contributed by atoms with Crippen LogP contribution in [0.3, 0.4) is 0 Å². The number of pyridine rings is 1. The van der Waals surface area contributed by atoms with Crippen molar-refractivity contribution in [3.8, 4) is 0 Å². The molecule has 92 valence electrons. The van der Waals surface area contributed by atoms with Crippen LogP contribution < -0.4 is 11.1 Å². The first-order valence-corrected chi connectivity index (χ1v) is 5.74. The van der Waals surface area contributed by atoms with Gasteiger partial charge in [-0.2, -0.15) is 0 Å². The Bertz CT molecular complexity index is 434. The molecule has 2 unspecified atom stereocenters. The predicted octanol–water partition coefficient (Wildman–Crippen LogP) is 1.48. The van der Waals surface area contributed by atoms with E-state index in [1.807, 2.05) is 13.8 Å². The molecular formula is C12H17N3O2. The number of ether oxygens (including phenoxy) is 1. The molecule has 1 aliphatic rings. The normalized spacial score (nSPS) is 23.6. The summed E-state index contributed by atoms with van der Waals surface area (Å²) in [5, 5.41) is 2.74. The molecule has 0 bridgehead atoms. The fourth-order valence-electron chi connectivity index (χ4n) is 1.84. The van der Waals surface area contributed by atoms with Gasteiger partial charge in [-0.25, -0.2) is 4.98 Å². The van der Waals surface area contributed by atoms with Crippen LogP contribution in [0.2, 0.25) is 0 Å². The number of nitrogen functional groups attached to an aromatic ring is 1. The maximum Gasteiger partial charge on any atom is 0.254 e. The van der Waals surface area contributed by atoms with Crippen molar-refractivity contribution >= 4 is 17.4 Å². The van der Waals surface area contributed by atoms with Crippen LogP contribution in [0.1, 0.15) is 25.3 Å². The number of nitrogens with two attached hydrogens (primary N) is 1. The van der Waals surface area contributed by atoms with E-state index in [1.54, 1.807) is 12.3 Å². The number of hydrogen-bond acceptors (Lipinski definition) is 4. The van der Waals surface area contributed by atoms with E-state index in [0.29, 0.717) is 11.5 Å². The summed E-state index contributed by atoms with van der Waals surface area (Å²) in [5.74, 6) is 0.385. The molecule has 1 aliphatic heterocycles. The van der Waals surface area contributed by atoms with E-state index in [4.69, 9.17) is 10.5 Å². The van der Waals surface area contributed by atoms with Crippen LogP contribution in [0, 0.1) is 6.92 Å². The van der Waals surface area contributed by atoms with Gasteiger partial charge in [-0.05, 0) is 38.3 Å². The molecule has 0 spiro atoms. The molecule has 17 heavy (non-hydrogen) atoms. The predicted molar refractivity (Wildman–Crippen MR) is 65.6 cm³/mol. The van der Waals surface area contributed by atoms with Crippen LogP contribution in [-0.4, -0.2) is 23.1 Å². The van der Waals surface area contributed by atoms with E-state index in [-0.39, 0.29) is 18.1 Å². The Hall–Kier alpha value is -1.62. The summed E-state index contributed by atoms with van der Waals surface area (Å²) in [6.07, 6.45) is 3.03. The summed E-state index contributed by atoms with van der Waals surface area (Å²) in [7, 11) is 0. The highest BCUT2D eigenvalue weighted by Crippen LogP contribution is 2.20. The van der Waals surface area contributed by atoms with Crippen LogP contribution in [-0.2, 0) is 9.53 Å². The van der Waals surface area contributed by atoms with Gasteiger partial charge in [0.2, 0.25) is 0 Å². The van der Waals surface area contributed by atoms with Gasteiger partial charge in [0.05, 0.1) is 18.0 Å². The molecule has 0 radical (unpaired) electrons. The van der Waals surface area contributed by atoms with Gasteiger partial charge in [0.1, 0.15) is 11.9 Å². The van der Waals surface area contributed by atoms with Gasteiger partial charge < -0.3 is 15.8 Å². The molecule has 5 nitrogen and oxygen atoms in total. The zero-order valence-corrected chi connectivity index (χ0v) is 10.1. The van der Waals surface area contributed by atoms with E-state index in [1.165, 1.54) is 0 Å². The Morgan fingerprint density at radius 1 is 1.59 bits per heavy atom. The summed E-state index contributed by atoms with van der Waals surface area (Å²) in [4.78, 5) is 15.9. The minimum atomic E-state index is -0.357. The monoisotopic (exact) mass is 235 g/mol. The Morgan fingerprint density at radius 3 is 2.94 bits per heavy atom. The second kappa shape index (κ2) is 4.71. The van der Waals surface area contributed by atoms with Gasteiger partial charge in [0, 0.05) is 0 Å². The number of aromatic nitrogens is 1. The van der Waals surface area contributed by atoms with Crippen molar-refractivity contribution in [2.75, 3.05) is 11.1 Å². The molecule has 1 aromatic heterocycles. The fraction of sp³-hybridized carbons (Fsp3) is 0.500. The SMILES string of the molecule is Cc1cc(NC(=O)C2CCC(C)O2)ncc1N. The third-order valence-corrected chi connectivity index (χ3v) is 2.93. The smallest absolute Gasteiger partial charge is 0.254 e. The largest absolute Gasteiger partial charge is 0.397 e. The van der Waals surface area contributed by atoms with E-state index >= 15 is 0 Å². The topological polar surface area (TPSA) is 77.2 Å². The Balaban J connectivity index is 2.00. The molecule has 0 aromatic carbocycles. The van der Waals surface area contributed by atoms with Crippen LogP contribution in [0.5, 0.6) is 0 Å². The van der Waals surface area contributed by atoms with Crippen molar-refractivity contribution in [2.24, 2.45) is 0 Å². The summed E-state index contributed by atoms with van der Waals surface area (Å²) in [5.41, 5.74) is 7.18. The molecule has 2 rings (SSSR count). The number of amides is 1. The van der Waals surface area contributed by atoms with Gasteiger partial charge in [-0.15, -0.1) is 0 Å². The number of nitrogens with one attached hydrogen (secondary N) is 1. The van der Waals surface area contributed by atoms with Crippen molar-refractivity contribution in [3.63, 3.8) is 0 Å². The number of nitrogens with zero attached hydrogens (tertiary/aromatic N) is 1. The Labute approximate surface area is 100 Å². The molecule has 3 N–H and O–H groups in total. The maximum absolute atomic E-state index is 11.8. The summed E-state index contributed by atoms with van der Waals surface area (Å²) in [6.45, 7) is 3.85. The van der Waals surface area contributed by atoms with Crippen LogP contribution in [0.4, 0.5) is 11.5 Å². The molecule has 2 atom stereocenters. The summed E-state index contributed by atoms with van der Waals surface area (Å²) in [6, 6.07) is 1.76. The standard InChI is InChI=1S/C12H17N3O2/c1-7-5-11(14-6-9(7)13)15-12(16)10-4-3-8(2)17-10/h5-6,8,10H,3-4,13H2,1-2H3,(H,14,15,16). The minimum Gasteiger partial charge on any atom is -0.397 e. The highest BCUT2D eigenvalue weighted by atomic mass is 16.5. The van der Waals surface area contributed by atoms with Crippen molar-refractivity contribution < 1.29 is 9.53 Å². The van der Waals surface area contributed by atoms with E-state index in [9.17, 15) is 4.79 Å². The Kier molecular flexibility index (Phi) is 3.28. The first-order chi connectivity index (χ1) is 8.06. The second-order valence-corrected chi connectivity index (χ2v) is 4.43. The van der Waals surface area contributed by atoms with Gasteiger partial charge in [-0.1, -0.05) is 0 Å². The van der Waals surface area contributed by atoms with Gasteiger partial charge in [0.15, 0.2) is 0 Å². The summed E-state index contributed by atoms with van der Waals surface area (Å²) < 4.78 is 5.48. The van der Waals surface area contributed by atoms with Gasteiger partial charge >= 0.3 is 0 Å². The van der Waals surface area contributed by atoms with E-state index in [2.05, 4.69) is 10.3 Å². The zero-order valence-electron chi connectivity index (χ0n) is 10.1. The number of aryl methyl sites for hydroxylation is 1. The minimum absolute atomic E-state index is 0.133. The highest BCUT2D eigenvalue weighted by molar-refractivity contribution is 5.93. The molecule has 0 saturated carbocycles. The zero-order chi connectivity index (χ0) is 12.4. The first kappa shape index (κ1) is 11.9. The van der Waals surface area contributed by atoms with Gasteiger partial charge in [0.25, 0.3) is 5.91 Å². The fourth-order valence-corrected chi connectivity index (χ4v) is 1.84. The molecule has 1 aromatic rings. The van der Waals surface area contributed by atoms with Crippen molar-refractivity contribution in [1.82, 2.24) is 4.98 Å². The third-order valence-electron chi connectivity index (χ3n) is 2.93. The van der Waals surface area contributed by atoms with E-state index < -0.39 is 0 Å². The van der Waals surface area contributed by atoms with Crippen LogP contribution in [0.25, 0.3) is 0 Å². The average Bonchev–Trinajstić information content (AvgIpc) is 2.70. The maximum atomic E-state index is 11.8. The third kappa shape index (κ3) is 2.74. The van der Waals surface area contributed by atoms with Gasteiger partial charge in [-0.3, -0.25) is 4.79 Å². The molecule has 1 amide bonds. The second-order valence-electron chi connectivity index (χ2n) is 4.43. The molecule has 0 aliphatic carbocycles. The lowest BCUT2D eigenvalue weighted by Gasteiger charge is -2.11. The number of carbonyl (C=O) groups is 1. The molecule has 1 saturated heterocycles. The quantitative estimate of drug-likeness (QED) is 0.814. The van der Waals surface area contributed by atoms with Crippen LogP contribution in [0.15, 0.2) is 12.3 Å². The van der Waals surface area contributed by atoms with Crippen molar-refractivity contribution in [3.05, 3.63) is 17.8 Å². The molecule has 1 fully saturated rings. The number of rotatable bonds is 2. The Morgan fingerprint density at radius 2 is 2.35 bits per heavy atom. The average molecular weight is 235 g/mol.